The van der Waals surface area contributed by atoms with Gasteiger partial charge in [-0.1, -0.05) is 40.0 Å². The molecule has 3 nitrogen and oxygen atoms in total. The van der Waals surface area contributed by atoms with Crippen molar-refractivity contribution in [3.05, 3.63) is 0 Å². The first-order chi connectivity index (χ1) is 9.66. The molecule has 1 spiro atoms. The van der Waals surface area contributed by atoms with Crippen LogP contribution in [0.4, 0.5) is 0 Å². The van der Waals surface area contributed by atoms with Crippen LogP contribution in [0.15, 0.2) is 0 Å². The summed E-state index contributed by atoms with van der Waals surface area (Å²) in [6.45, 7) is 12.1. The van der Waals surface area contributed by atoms with Crippen molar-refractivity contribution in [1.29, 1.82) is 0 Å². The average molecular weight is 282 g/mol. The Hall–Kier alpha value is -0.120. The van der Waals surface area contributed by atoms with Crippen molar-refractivity contribution in [2.45, 2.75) is 70.9 Å². The molecular weight excluding hydrogens is 248 g/mol. The number of rotatable bonds is 7. The van der Waals surface area contributed by atoms with Gasteiger partial charge in [-0.05, 0) is 25.2 Å². The lowest BCUT2D eigenvalue weighted by atomic mass is 9.90. The minimum atomic E-state index is 0.450. The lowest BCUT2D eigenvalue weighted by molar-refractivity contribution is 0.00736. The van der Waals surface area contributed by atoms with Gasteiger partial charge in [-0.3, -0.25) is 4.90 Å². The van der Waals surface area contributed by atoms with Crippen LogP contribution in [0.3, 0.4) is 0 Å². The molecule has 0 radical (unpaired) electrons. The highest BCUT2D eigenvalue weighted by Gasteiger charge is 2.42. The van der Waals surface area contributed by atoms with Crippen molar-refractivity contribution in [2.24, 2.45) is 5.92 Å². The van der Waals surface area contributed by atoms with Crippen LogP contribution in [0.5, 0.6) is 0 Å². The van der Waals surface area contributed by atoms with E-state index in [1.54, 1.807) is 0 Å². The molecule has 118 valence electrons. The summed E-state index contributed by atoms with van der Waals surface area (Å²) in [5.74, 6) is 0.645. The maximum atomic E-state index is 5.83. The molecule has 1 atom stereocenters. The Morgan fingerprint density at radius 2 is 2.05 bits per heavy atom. The van der Waals surface area contributed by atoms with Gasteiger partial charge in [0.25, 0.3) is 0 Å². The van der Waals surface area contributed by atoms with Gasteiger partial charge in [-0.15, -0.1) is 0 Å². The Morgan fingerprint density at radius 3 is 2.70 bits per heavy atom. The predicted molar refractivity (Wildman–Crippen MR) is 85.1 cm³/mol. The van der Waals surface area contributed by atoms with Crippen LogP contribution < -0.4 is 5.32 Å². The van der Waals surface area contributed by atoms with Crippen molar-refractivity contribution < 1.29 is 4.74 Å². The van der Waals surface area contributed by atoms with Gasteiger partial charge in [0, 0.05) is 37.8 Å². The van der Waals surface area contributed by atoms with Crippen LogP contribution in [0.2, 0.25) is 0 Å². The number of hydrogen-bond acceptors (Lipinski definition) is 3. The first kappa shape index (κ1) is 16.3. The minimum Gasteiger partial charge on any atom is -0.380 e. The van der Waals surface area contributed by atoms with Crippen molar-refractivity contribution in [1.82, 2.24) is 10.2 Å². The fourth-order valence-corrected chi connectivity index (χ4v) is 3.86. The van der Waals surface area contributed by atoms with E-state index in [0.29, 0.717) is 17.5 Å². The van der Waals surface area contributed by atoms with Crippen LogP contribution in [-0.2, 0) is 4.74 Å². The molecule has 1 N–H and O–H groups in total. The zero-order valence-corrected chi connectivity index (χ0v) is 13.8. The van der Waals surface area contributed by atoms with Gasteiger partial charge in [-0.25, -0.2) is 0 Å². The number of piperazine rings is 1. The first-order valence-corrected chi connectivity index (χ1v) is 8.72. The number of ether oxygens (including phenoxy) is 1. The van der Waals surface area contributed by atoms with E-state index in [9.17, 15) is 0 Å². The Balaban J connectivity index is 1.85. The second kappa shape index (κ2) is 7.77. The molecule has 2 aliphatic rings. The van der Waals surface area contributed by atoms with E-state index in [1.165, 1.54) is 51.6 Å². The fourth-order valence-electron chi connectivity index (χ4n) is 3.86. The molecule has 1 saturated carbocycles. The number of hydrogen-bond donors (Lipinski definition) is 1. The first-order valence-electron chi connectivity index (χ1n) is 8.72. The summed E-state index contributed by atoms with van der Waals surface area (Å²) in [5.41, 5.74) is 0.450. The second-order valence-electron chi connectivity index (χ2n) is 7.21. The van der Waals surface area contributed by atoms with E-state index < -0.39 is 0 Å². The highest BCUT2D eigenvalue weighted by Crippen LogP contribution is 2.37. The maximum absolute atomic E-state index is 5.83. The molecule has 3 heteroatoms. The summed E-state index contributed by atoms with van der Waals surface area (Å²) in [4.78, 5) is 2.76. The molecule has 0 bridgehead atoms. The summed E-state index contributed by atoms with van der Waals surface area (Å²) in [6, 6.07) is 0.691. The van der Waals surface area contributed by atoms with Gasteiger partial charge in [-0.2, -0.15) is 0 Å². The van der Waals surface area contributed by atoms with Crippen molar-refractivity contribution >= 4 is 0 Å². The quantitative estimate of drug-likeness (QED) is 0.726. The topological polar surface area (TPSA) is 24.5 Å². The molecule has 0 amide bonds. The highest BCUT2D eigenvalue weighted by atomic mass is 16.5. The molecule has 1 unspecified atom stereocenters. The van der Waals surface area contributed by atoms with Crippen LogP contribution in [-0.4, -0.2) is 49.3 Å². The van der Waals surface area contributed by atoms with Crippen molar-refractivity contribution in [3.8, 4) is 0 Å². The molecule has 0 aromatic carbocycles. The largest absolute Gasteiger partial charge is 0.380 e. The Bertz CT molecular complexity index is 274. The van der Waals surface area contributed by atoms with Crippen molar-refractivity contribution in [2.75, 3.05) is 32.8 Å². The third-order valence-corrected chi connectivity index (χ3v) is 4.96. The molecule has 2 rings (SSSR count). The molecule has 2 fully saturated rings. The molecule has 20 heavy (non-hydrogen) atoms. The maximum Gasteiger partial charge on any atom is 0.0593 e. The molecule has 0 aromatic heterocycles. The van der Waals surface area contributed by atoms with Gasteiger partial charge in [0.15, 0.2) is 0 Å². The highest BCUT2D eigenvalue weighted by molar-refractivity contribution is 5.01. The molecule has 1 aliphatic carbocycles. The predicted octanol–water partition coefficient (Wildman–Crippen LogP) is 3.05. The zero-order valence-electron chi connectivity index (χ0n) is 13.8. The van der Waals surface area contributed by atoms with E-state index in [-0.39, 0.29) is 0 Å². The summed E-state index contributed by atoms with van der Waals surface area (Å²) < 4.78 is 5.83. The third kappa shape index (κ3) is 4.19. The third-order valence-electron chi connectivity index (χ3n) is 4.96. The normalized spacial score (nSPS) is 26.7. The summed E-state index contributed by atoms with van der Waals surface area (Å²) >= 11 is 0. The lowest BCUT2D eigenvalue weighted by Gasteiger charge is -2.48. The molecular formula is C17H34N2O. The summed E-state index contributed by atoms with van der Waals surface area (Å²) in [7, 11) is 0. The van der Waals surface area contributed by atoms with Crippen molar-refractivity contribution in [3.63, 3.8) is 0 Å². The molecule has 1 aliphatic heterocycles. The van der Waals surface area contributed by atoms with Crippen LogP contribution >= 0.6 is 0 Å². The molecule has 1 saturated heterocycles. The van der Waals surface area contributed by atoms with Gasteiger partial charge in [0.1, 0.15) is 0 Å². The Morgan fingerprint density at radius 1 is 1.30 bits per heavy atom. The van der Waals surface area contributed by atoms with Crippen LogP contribution in [0.1, 0.15) is 59.3 Å². The minimum absolute atomic E-state index is 0.450. The Labute approximate surface area is 125 Å². The van der Waals surface area contributed by atoms with E-state index >= 15 is 0 Å². The zero-order chi connectivity index (χ0) is 14.4. The van der Waals surface area contributed by atoms with E-state index in [4.69, 9.17) is 4.74 Å². The SMILES string of the molecule is CCCC1CN(CCOCC(C)C)C2(CCCC2)CN1. The van der Waals surface area contributed by atoms with Gasteiger partial charge in [0.2, 0.25) is 0 Å². The van der Waals surface area contributed by atoms with E-state index in [2.05, 4.69) is 31.0 Å². The number of nitrogens with zero attached hydrogens (tertiary/aromatic N) is 1. The fraction of sp³-hybridized carbons (Fsp3) is 1.00. The van der Waals surface area contributed by atoms with Gasteiger partial charge >= 0.3 is 0 Å². The second-order valence-corrected chi connectivity index (χ2v) is 7.21. The number of nitrogens with one attached hydrogen (secondary N) is 1. The van der Waals surface area contributed by atoms with Gasteiger partial charge in [0.05, 0.1) is 6.61 Å². The van der Waals surface area contributed by atoms with Crippen LogP contribution in [0.25, 0.3) is 0 Å². The summed E-state index contributed by atoms with van der Waals surface area (Å²) in [6.07, 6.45) is 8.15. The lowest BCUT2D eigenvalue weighted by Crippen LogP contribution is -2.64. The standard InChI is InChI=1S/C17H34N2O/c1-4-7-16-12-19(10-11-20-13-15(2)3)17(14-18-16)8-5-6-9-17/h15-16,18H,4-14H2,1-3H3. The summed E-state index contributed by atoms with van der Waals surface area (Å²) in [5, 5.41) is 3.81. The van der Waals surface area contributed by atoms with Crippen LogP contribution in [0, 0.1) is 5.92 Å². The van der Waals surface area contributed by atoms with Gasteiger partial charge < -0.3 is 10.1 Å². The van der Waals surface area contributed by atoms with E-state index in [0.717, 1.165) is 19.8 Å². The monoisotopic (exact) mass is 282 g/mol. The van der Waals surface area contributed by atoms with E-state index in [1.807, 2.05) is 0 Å². The average Bonchev–Trinajstić information content (AvgIpc) is 2.88. The Kier molecular flexibility index (Phi) is 6.31. The smallest absolute Gasteiger partial charge is 0.0593 e. The molecule has 1 heterocycles. The molecule has 0 aromatic rings.